The van der Waals surface area contributed by atoms with E-state index in [9.17, 15) is 8.42 Å². The van der Waals surface area contributed by atoms with E-state index in [2.05, 4.69) is 14.7 Å². The molecule has 7 nitrogen and oxygen atoms in total. The summed E-state index contributed by atoms with van der Waals surface area (Å²) >= 11 is 0. The molecular formula is C11H19N5O2S. The zero-order valence-corrected chi connectivity index (χ0v) is 12.0. The highest BCUT2D eigenvalue weighted by molar-refractivity contribution is 7.87. The average molecular weight is 285 g/mol. The minimum absolute atomic E-state index is 0.183. The van der Waals surface area contributed by atoms with Gasteiger partial charge in [0.2, 0.25) is 5.95 Å². The number of anilines is 1. The monoisotopic (exact) mass is 285 g/mol. The number of hydrogen-bond acceptors (Lipinski definition) is 5. The molecule has 0 saturated carbocycles. The van der Waals surface area contributed by atoms with Crippen molar-refractivity contribution in [1.29, 1.82) is 0 Å². The van der Waals surface area contributed by atoms with Crippen molar-refractivity contribution in [2.45, 2.75) is 19.4 Å². The van der Waals surface area contributed by atoms with Crippen LogP contribution in [0.4, 0.5) is 5.95 Å². The smallest absolute Gasteiger partial charge is 0.279 e. The molecule has 2 heterocycles. The van der Waals surface area contributed by atoms with Crippen LogP contribution in [0.5, 0.6) is 0 Å². The Labute approximate surface area is 113 Å². The summed E-state index contributed by atoms with van der Waals surface area (Å²) in [7, 11) is 0.300. The predicted molar refractivity (Wildman–Crippen MR) is 72.9 cm³/mol. The van der Waals surface area contributed by atoms with Crippen molar-refractivity contribution in [3.63, 3.8) is 0 Å². The summed E-state index contributed by atoms with van der Waals surface area (Å²) in [6.45, 7) is 1.38. The Balaban J connectivity index is 2.00. The highest BCUT2D eigenvalue weighted by Crippen LogP contribution is 2.11. The van der Waals surface area contributed by atoms with Crippen molar-refractivity contribution in [2.24, 2.45) is 0 Å². The van der Waals surface area contributed by atoms with E-state index in [1.165, 1.54) is 4.31 Å². The van der Waals surface area contributed by atoms with Crippen LogP contribution in [-0.2, 0) is 16.8 Å². The summed E-state index contributed by atoms with van der Waals surface area (Å²) in [5.41, 5.74) is 0.654. The first-order valence-corrected chi connectivity index (χ1v) is 7.67. The van der Waals surface area contributed by atoms with E-state index in [1.54, 1.807) is 17.2 Å². The molecule has 0 bridgehead atoms. The van der Waals surface area contributed by atoms with Gasteiger partial charge < -0.3 is 4.90 Å². The lowest BCUT2D eigenvalue weighted by Crippen LogP contribution is -2.38. The van der Waals surface area contributed by atoms with Gasteiger partial charge in [0.1, 0.15) is 0 Å². The van der Waals surface area contributed by atoms with Gasteiger partial charge >= 0.3 is 0 Å². The summed E-state index contributed by atoms with van der Waals surface area (Å²) in [5, 5.41) is 0. The van der Waals surface area contributed by atoms with Crippen molar-refractivity contribution in [1.82, 2.24) is 19.0 Å². The van der Waals surface area contributed by atoms with Gasteiger partial charge in [-0.2, -0.15) is 17.4 Å². The van der Waals surface area contributed by atoms with E-state index in [4.69, 9.17) is 0 Å². The van der Waals surface area contributed by atoms with Gasteiger partial charge in [0.15, 0.2) is 0 Å². The number of aromatic nitrogens is 2. The predicted octanol–water partition coefficient (Wildman–Crippen LogP) is -0.0272. The van der Waals surface area contributed by atoms with Crippen LogP contribution in [0.1, 0.15) is 18.5 Å². The molecule has 1 saturated heterocycles. The molecule has 1 aliphatic rings. The summed E-state index contributed by atoms with van der Waals surface area (Å²) in [6, 6.07) is 1.71. The van der Waals surface area contributed by atoms with Gasteiger partial charge in [0, 0.05) is 33.4 Å². The number of nitrogens with zero attached hydrogens (tertiary/aromatic N) is 4. The molecule has 1 aliphatic heterocycles. The average Bonchev–Trinajstić information content (AvgIpc) is 2.91. The van der Waals surface area contributed by atoms with Crippen LogP contribution < -0.4 is 9.62 Å². The van der Waals surface area contributed by atoms with Crippen LogP contribution in [0.2, 0.25) is 0 Å². The molecule has 1 N–H and O–H groups in total. The topological polar surface area (TPSA) is 78.4 Å². The Hall–Kier alpha value is -1.25. The molecule has 106 valence electrons. The SMILES string of the molecule is CN(C)c1nccc(CNS(=O)(=O)N2CCCC2)n1. The fourth-order valence-corrected chi connectivity index (χ4v) is 3.14. The third-order valence-corrected chi connectivity index (χ3v) is 4.50. The fourth-order valence-electron chi connectivity index (χ4n) is 1.88. The first kappa shape index (κ1) is 14.2. The molecular weight excluding hydrogens is 266 g/mol. The van der Waals surface area contributed by atoms with E-state index in [0.717, 1.165) is 12.8 Å². The minimum Gasteiger partial charge on any atom is -0.347 e. The summed E-state index contributed by atoms with van der Waals surface area (Å²) in [6.07, 6.45) is 3.49. The minimum atomic E-state index is -3.38. The largest absolute Gasteiger partial charge is 0.347 e. The molecule has 1 aromatic rings. The maximum atomic E-state index is 12.0. The number of nitrogens with one attached hydrogen (secondary N) is 1. The molecule has 0 radical (unpaired) electrons. The van der Waals surface area contributed by atoms with E-state index < -0.39 is 10.2 Å². The number of rotatable bonds is 5. The van der Waals surface area contributed by atoms with Crippen LogP contribution in [0.25, 0.3) is 0 Å². The van der Waals surface area contributed by atoms with Gasteiger partial charge in [-0.15, -0.1) is 0 Å². The van der Waals surface area contributed by atoms with Crippen molar-refractivity contribution in [2.75, 3.05) is 32.1 Å². The first-order chi connectivity index (χ1) is 8.99. The molecule has 0 aromatic carbocycles. The first-order valence-electron chi connectivity index (χ1n) is 6.23. The second-order valence-electron chi connectivity index (χ2n) is 4.67. The van der Waals surface area contributed by atoms with Crippen molar-refractivity contribution < 1.29 is 8.42 Å². The molecule has 8 heteroatoms. The molecule has 0 atom stereocenters. The van der Waals surface area contributed by atoms with Gasteiger partial charge in [-0.05, 0) is 18.9 Å². The molecule has 0 amide bonds. The van der Waals surface area contributed by atoms with Crippen molar-refractivity contribution in [3.05, 3.63) is 18.0 Å². The van der Waals surface area contributed by atoms with Crippen molar-refractivity contribution in [3.8, 4) is 0 Å². The molecule has 0 unspecified atom stereocenters. The molecule has 2 rings (SSSR count). The fraction of sp³-hybridized carbons (Fsp3) is 0.636. The lowest BCUT2D eigenvalue weighted by molar-refractivity contribution is 0.464. The van der Waals surface area contributed by atoms with Crippen LogP contribution in [0, 0.1) is 0 Å². The standard InChI is InChI=1S/C11H19N5O2S/c1-15(2)11-12-6-5-10(14-11)9-13-19(17,18)16-7-3-4-8-16/h5-6,13H,3-4,7-9H2,1-2H3. The Bertz CT molecular complexity index is 526. The Kier molecular flexibility index (Phi) is 4.33. The van der Waals surface area contributed by atoms with E-state index in [0.29, 0.717) is 24.7 Å². The molecule has 1 fully saturated rings. The van der Waals surface area contributed by atoms with E-state index in [1.807, 2.05) is 14.1 Å². The molecule has 0 aliphatic carbocycles. The summed E-state index contributed by atoms with van der Waals surface area (Å²) < 4.78 is 28.0. The second-order valence-corrected chi connectivity index (χ2v) is 6.43. The lowest BCUT2D eigenvalue weighted by atomic mass is 10.4. The van der Waals surface area contributed by atoms with Crippen molar-refractivity contribution >= 4 is 16.2 Å². The number of hydrogen-bond donors (Lipinski definition) is 1. The Morgan fingerprint density at radius 3 is 2.68 bits per heavy atom. The van der Waals surface area contributed by atoms with Gasteiger partial charge in [-0.1, -0.05) is 0 Å². The third-order valence-electron chi connectivity index (χ3n) is 2.94. The third kappa shape index (κ3) is 3.62. The van der Waals surface area contributed by atoms with E-state index in [-0.39, 0.29) is 6.54 Å². The van der Waals surface area contributed by atoms with Crippen LogP contribution in [0.15, 0.2) is 12.3 Å². The highest BCUT2D eigenvalue weighted by Gasteiger charge is 2.24. The van der Waals surface area contributed by atoms with E-state index >= 15 is 0 Å². The van der Waals surface area contributed by atoms with Gasteiger partial charge in [-0.3, -0.25) is 0 Å². The van der Waals surface area contributed by atoms with Gasteiger partial charge in [0.25, 0.3) is 10.2 Å². The zero-order valence-electron chi connectivity index (χ0n) is 11.2. The van der Waals surface area contributed by atoms with Crippen LogP contribution in [0.3, 0.4) is 0 Å². The Morgan fingerprint density at radius 2 is 2.05 bits per heavy atom. The van der Waals surface area contributed by atoms with Gasteiger partial charge in [-0.25, -0.2) is 9.97 Å². The zero-order chi connectivity index (χ0) is 13.9. The highest BCUT2D eigenvalue weighted by atomic mass is 32.2. The molecule has 1 aromatic heterocycles. The van der Waals surface area contributed by atoms with Gasteiger partial charge in [0.05, 0.1) is 12.2 Å². The molecule has 0 spiro atoms. The molecule has 19 heavy (non-hydrogen) atoms. The van der Waals surface area contributed by atoms with Crippen LogP contribution in [-0.4, -0.2) is 49.9 Å². The quantitative estimate of drug-likeness (QED) is 0.822. The lowest BCUT2D eigenvalue weighted by Gasteiger charge is -2.16. The summed E-state index contributed by atoms with van der Waals surface area (Å²) in [4.78, 5) is 10.1. The van der Waals surface area contributed by atoms with Crippen LogP contribution >= 0.6 is 0 Å². The Morgan fingerprint density at radius 1 is 1.37 bits per heavy atom. The maximum Gasteiger partial charge on any atom is 0.279 e. The maximum absolute atomic E-state index is 12.0. The summed E-state index contributed by atoms with van der Waals surface area (Å²) in [5.74, 6) is 0.567. The second kappa shape index (κ2) is 5.81. The normalized spacial score (nSPS) is 16.7.